The molecule has 1 heterocycles. The van der Waals surface area contributed by atoms with Crippen molar-refractivity contribution in [3.05, 3.63) is 23.8 Å². The Labute approximate surface area is 120 Å². The zero-order chi connectivity index (χ0) is 15.4. The maximum absolute atomic E-state index is 11.8. The van der Waals surface area contributed by atoms with E-state index < -0.39 is 5.97 Å². The van der Waals surface area contributed by atoms with Crippen LogP contribution < -0.4 is 14.4 Å². The van der Waals surface area contributed by atoms with Gasteiger partial charge in [-0.1, -0.05) is 0 Å². The Morgan fingerprint density at radius 2 is 2.38 bits per heavy atom. The molecule has 0 aliphatic carbocycles. The summed E-state index contributed by atoms with van der Waals surface area (Å²) in [7, 11) is 1.44. The van der Waals surface area contributed by atoms with Crippen LogP contribution >= 0.6 is 0 Å². The lowest BCUT2D eigenvalue weighted by Gasteiger charge is -2.28. The largest absolute Gasteiger partial charge is 0.493 e. The lowest BCUT2D eigenvalue weighted by atomic mass is 10.1. The fraction of sp³-hybridized carbons (Fsp3) is 0.214. The van der Waals surface area contributed by atoms with Gasteiger partial charge in [-0.15, -0.1) is 0 Å². The van der Waals surface area contributed by atoms with Gasteiger partial charge in [0.15, 0.2) is 18.1 Å². The van der Waals surface area contributed by atoms with Crippen molar-refractivity contribution in [1.82, 2.24) is 0 Å². The summed E-state index contributed by atoms with van der Waals surface area (Å²) in [5.41, 5.74) is 0.909. The van der Waals surface area contributed by atoms with Crippen LogP contribution in [0.4, 0.5) is 5.69 Å². The molecule has 0 spiro atoms. The van der Waals surface area contributed by atoms with Crippen molar-refractivity contribution < 1.29 is 24.2 Å². The van der Waals surface area contributed by atoms with E-state index in [0.29, 0.717) is 22.7 Å². The summed E-state index contributed by atoms with van der Waals surface area (Å²) in [6.07, 6.45) is 2.34. The number of nitriles is 1. The number of nitrogens with zero attached hydrogens (tertiary/aromatic N) is 2. The minimum absolute atomic E-state index is 0.121. The van der Waals surface area contributed by atoms with Gasteiger partial charge in [0.2, 0.25) is 0 Å². The summed E-state index contributed by atoms with van der Waals surface area (Å²) in [6.45, 7) is -0.292. The van der Waals surface area contributed by atoms with E-state index in [2.05, 4.69) is 0 Å². The monoisotopic (exact) mass is 288 g/mol. The minimum atomic E-state index is -1.09. The molecule has 2 rings (SSSR count). The summed E-state index contributed by atoms with van der Waals surface area (Å²) in [6, 6.07) is 5.08. The van der Waals surface area contributed by atoms with Gasteiger partial charge in [-0.3, -0.25) is 9.69 Å². The Balaban J connectivity index is 2.53. The molecule has 1 N–H and O–H groups in total. The van der Waals surface area contributed by atoms with Gasteiger partial charge < -0.3 is 14.6 Å². The number of fused-ring (bicyclic) bond motifs is 1. The van der Waals surface area contributed by atoms with Crippen LogP contribution in [0.1, 0.15) is 5.56 Å². The van der Waals surface area contributed by atoms with Gasteiger partial charge in [0.1, 0.15) is 6.54 Å². The van der Waals surface area contributed by atoms with E-state index in [1.807, 2.05) is 6.07 Å². The maximum Gasteiger partial charge on any atom is 0.328 e. The number of carboxylic acid groups (broad SMARTS) is 1. The maximum atomic E-state index is 11.8. The van der Waals surface area contributed by atoms with Crippen molar-refractivity contribution in [3.63, 3.8) is 0 Å². The Hall–Kier alpha value is -3.01. The number of ether oxygens (including phenoxy) is 2. The van der Waals surface area contributed by atoms with E-state index >= 15 is 0 Å². The number of hydrogen-bond acceptors (Lipinski definition) is 5. The smallest absolute Gasteiger partial charge is 0.328 e. The summed E-state index contributed by atoms with van der Waals surface area (Å²) in [5, 5.41) is 17.5. The Morgan fingerprint density at radius 3 is 3.00 bits per heavy atom. The lowest BCUT2D eigenvalue weighted by molar-refractivity contribution is -0.131. The number of carbonyl (C=O) groups is 2. The summed E-state index contributed by atoms with van der Waals surface area (Å²) in [5.74, 6) is -0.703. The highest BCUT2D eigenvalue weighted by molar-refractivity contribution is 5.99. The minimum Gasteiger partial charge on any atom is -0.493 e. The van der Waals surface area contributed by atoms with Crippen LogP contribution in [-0.4, -0.2) is 37.2 Å². The van der Waals surface area contributed by atoms with E-state index in [-0.39, 0.29) is 19.1 Å². The molecule has 0 bridgehead atoms. The summed E-state index contributed by atoms with van der Waals surface area (Å²) >= 11 is 0. The molecule has 0 saturated heterocycles. The molecule has 0 unspecified atom stereocenters. The SMILES string of the molecule is COc1cc(/C=C/C(=O)O)cc2c1OCC(=O)N2CC#N. The van der Waals surface area contributed by atoms with E-state index in [1.165, 1.54) is 18.1 Å². The van der Waals surface area contributed by atoms with Crippen molar-refractivity contribution in [1.29, 1.82) is 5.26 Å². The zero-order valence-electron chi connectivity index (χ0n) is 11.2. The summed E-state index contributed by atoms with van der Waals surface area (Å²) < 4.78 is 10.5. The van der Waals surface area contributed by atoms with Gasteiger partial charge in [0.25, 0.3) is 5.91 Å². The molecule has 0 fully saturated rings. The number of amides is 1. The van der Waals surface area contributed by atoms with E-state index in [1.54, 1.807) is 12.1 Å². The average molecular weight is 288 g/mol. The molecule has 0 aromatic heterocycles. The molecular formula is C14H12N2O5. The summed E-state index contributed by atoms with van der Waals surface area (Å²) in [4.78, 5) is 23.7. The molecule has 108 valence electrons. The quantitative estimate of drug-likeness (QED) is 0.656. The lowest BCUT2D eigenvalue weighted by Crippen LogP contribution is -2.39. The molecule has 1 amide bonds. The van der Waals surface area contributed by atoms with Gasteiger partial charge in [-0.05, 0) is 23.8 Å². The van der Waals surface area contributed by atoms with Crippen LogP contribution in [0.5, 0.6) is 11.5 Å². The van der Waals surface area contributed by atoms with Crippen molar-refractivity contribution in [2.75, 3.05) is 25.2 Å². The number of anilines is 1. The van der Waals surface area contributed by atoms with Crippen molar-refractivity contribution in [2.45, 2.75) is 0 Å². The van der Waals surface area contributed by atoms with Crippen LogP contribution in [0.2, 0.25) is 0 Å². The Bertz CT molecular complexity index is 660. The van der Waals surface area contributed by atoms with Gasteiger partial charge in [0, 0.05) is 6.08 Å². The molecule has 21 heavy (non-hydrogen) atoms. The fourth-order valence-electron chi connectivity index (χ4n) is 1.96. The van der Waals surface area contributed by atoms with Crippen LogP contribution in [0.15, 0.2) is 18.2 Å². The van der Waals surface area contributed by atoms with Crippen molar-refractivity contribution >= 4 is 23.6 Å². The highest BCUT2D eigenvalue weighted by atomic mass is 16.5. The molecule has 7 nitrogen and oxygen atoms in total. The van der Waals surface area contributed by atoms with E-state index in [9.17, 15) is 9.59 Å². The topological polar surface area (TPSA) is 99.9 Å². The number of methoxy groups -OCH3 is 1. The van der Waals surface area contributed by atoms with Crippen molar-refractivity contribution in [3.8, 4) is 17.6 Å². The predicted molar refractivity (Wildman–Crippen MR) is 73.1 cm³/mol. The average Bonchev–Trinajstić information content (AvgIpc) is 2.47. The second kappa shape index (κ2) is 5.96. The number of carboxylic acids is 1. The van der Waals surface area contributed by atoms with Crippen LogP contribution in [-0.2, 0) is 9.59 Å². The Kier molecular flexibility index (Phi) is 4.09. The molecule has 7 heteroatoms. The van der Waals surface area contributed by atoms with Crippen LogP contribution in [0.25, 0.3) is 6.08 Å². The standard InChI is InChI=1S/C14H12N2O5/c1-20-11-7-9(2-3-13(18)19)6-10-14(11)21-8-12(17)16(10)5-4-15/h2-3,6-7H,5,8H2,1H3,(H,18,19)/b3-2+. The molecule has 0 atom stereocenters. The van der Waals surface area contributed by atoms with Crippen LogP contribution in [0.3, 0.4) is 0 Å². The first-order valence-corrected chi connectivity index (χ1v) is 6.00. The Morgan fingerprint density at radius 1 is 1.62 bits per heavy atom. The predicted octanol–water partition coefficient (Wildman–Crippen LogP) is 1.04. The van der Waals surface area contributed by atoms with E-state index in [0.717, 1.165) is 6.08 Å². The third kappa shape index (κ3) is 2.95. The van der Waals surface area contributed by atoms with Crippen molar-refractivity contribution in [2.24, 2.45) is 0 Å². The highest BCUT2D eigenvalue weighted by Crippen LogP contribution is 2.41. The third-order valence-electron chi connectivity index (χ3n) is 2.86. The molecule has 1 aromatic carbocycles. The molecule has 1 aliphatic heterocycles. The van der Waals surface area contributed by atoms with E-state index in [4.69, 9.17) is 19.8 Å². The molecule has 1 aromatic rings. The van der Waals surface area contributed by atoms with Crippen LogP contribution in [0, 0.1) is 11.3 Å². The highest BCUT2D eigenvalue weighted by Gasteiger charge is 2.28. The first-order chi connectivity index (χ1) is 10.1. The second-order valence-corrected chi connectivity index (χ2v) is 4.17. The molecule has 0 saturated carbocycles. The molecule has 1 aliphatic rings. The second-order valence-electron chi connectivity index (χ2n) is 4.17. The first-order valence-electron chi connectivity index (χ1n) is 6.00. The first kappa shape index (κ1) is 14.4. The van der Waals surface area contributed by atoms with Gasteiger partial charge >= 0.3 is 5.97 Å². The molecular weight excluding hydrogens is 276 g/mol. The zero-order valence-corrected chi connectivity index (χ0v) is 11.2. The number of hydrogen-bond donors (Lipinski definition) is 1. The van der Waals surface area contributed by atoms with Gasteiger partial charge in [-0.25, -0.2) is 4.79 Å². The number of rotatable bonds is 4. The fourth-order valence-corrected chi connectivity index (χ4v) is 1.96. The third-order valence-corrected chi connectivity index (χ3v) is 2.86. The number of carbonyl (C=O) groups excluding carboxylic acids is 1. The van der Waals surface area contributed by atoms with Gasteiger partial charge in [0.05, 0.1) is 18.9 Å². The normalized spacial score (nSPS) is 13.5. The number of benzene rings is 1. The molecule has 0 radical (unpaired) electrons. The number of aliphatic carboxylic acids is 1. The van der Waals surface area contributed by atoms with Gasteiger partial charge in [-0.2, -0.15) is 5.26 Å².